The van der Waals surface area contributed by atoms with E-state index >= 15 is 0 Å². The smallest absolute Gasteiger partial charge is 0.172 e. The van der Waals surface area contributed by atoms with E-state index in [2.05, 4.69) is 0 Å². The van der Waals surface area contributed by atoms with Crippen molar-refractivity contribution in [3.05, 3.63) is 29.3 Å². The Hall–Kier alpha value is -0.570. The van der Waals surface area contributed by atoms with Gasteiger partial charge in [-0.2, -0.15) is 0 Å². The van der Waals surface area contributed by atoms with Crippen molar-refractivity contribution >= 4 is 11.8 Å². The molecule has 1 saturated carbocycles. The molecule has 0 nitrogen and oxygen atoms in total. The topological polar surface area (TPSA) is 0 Å². The molecule has 2 rings (SSSR count). The van der Waals surface area contributed by atoms with E-state index in [0.29, 0.717) is 10.5 Å². The van der Waals surface area contributed by atoms with Gasteiger partial charge in [0.05, 0.1) is 0 Å². The summed E-state index contributed by atoms with van der Waals surface area (Å²) in [6.45, 7) is 0. The first-order valence-electron chi connectivity index (χ1n) is 5.26. The molecule has 1 fully saturated rings. The highest BCUT2D eigenvalue weighted by Crippen LogP contribution is 2.37. The highest BCUT2D eigenvalue weighted by atomic mass is 32.2. The predicted octanol–water partition coefficient (Wildman–Crippen LogP) is 4.34. The SMILES string of the molecule is CSc1ccc(C2CCCC2)c(F)c1F. The van der Waals surface area contributed by atoms with Gasteiger partial charge < -0.3 is 0 Å². The molecule has 0 N–H and O–H groups in total. The summed E-state index contributed by atoms with van der Waals surface area (Å²) >= 11 is 1.25. The minimum Gasteiger partial charge on any atom is -0.203 e. The molecule has 0 unspecified atom stereocenters. The van der Waals surface area contributed by atoms with Gasteiger partial charge in [-0.1, -0.05) is 18.9 Å². The highest BCUT2D eigenvalue weighted by Gasteiger charge is 2.23. The molecular formula is C12H14F2S. The average Bonchev–Trinajstić information content (AvgIpc) is 2.75. The normalized spacial score (nSPS) is 17.3. The largest absolute Gasteiger partial charge is 0.203 e. The first kappa shape index (κ1) is 10.9. The number of benzene rings is 1. The van der Waals surface area contributed by atoms with Crippen molar-refractivity contribution in [2.75, 3.05) is 6.26 Å². The second kappa shape index (κ2) is 4.52. The van der Waals surface area contributed by atoms with Crippen LogP contribution in [0.15, 0.2) is 17.0 Å². The van der Waals surface area contributed by atoms with Crippen LogP contribution in [-0.2, 0) is 0 Å². The van der Waals surface area contributed by atoms with E-state index in [0.717, 1.165) is 25.7 Å². The fourth-order valence-electron chi connectivity index (χ4n) is 2.26. The number of hydrogen-bond donors (Lipinski definition) is 0. The van der Waals surface area contributed by atoms with Gasteiger partial charge in [-0.05, 0) is 36.6 Å². The Kier molecular flexibility index (Phi) is 3.29. The van der Waals surface area contributed by atoms with Crippen LogP contribution >= 0.6 is 11.8 Å². The van der Waals surface area contributed by atoms with E-state index < -0.39 is 11.6 Å². The Labute approximate surface area is 93.1 Å². The predicted molar refractivity (Wildman–Crippen MR) is 59.3 cm³/mol. The Balaban J connectivity index is 2.36. The number of hydrogen-bond acceptors (Lipinski definition) is 1. The highest BCUT2D eigenvalue weighted by molar-refractivity contribution is 7.98. The van der Waals surface area contributed by atoms with E-state index in [9.17, 15) is 8.78 Å². The lowest BCUT2D eigenvalue weighted by Gasteiger charge is -2.12. The van der Waals surface area contributed by atoms with Gasteiger partial charge in [0, 0.05) is 4.90 Å². The lowest BCUT2D eigenvalue weighted by Crippen LogP contribution is -2.00. The third-order valence-corrected chi connectivity index (χ3v) is 3.85. The monoisotopic (exact) mass is 228 g/mol. The quantitative estimate of drug-likeness (QED) is 0.678. The van der Waals surface area contributed by atoms with Crippen LogP contribution in [0.25, 0.3) is 0 Å². The fraction of sp³-hybridized carbons (Fsp3) is 0.500. The molecule has 1 aromatic rings. The maximum Gasteiger partial charge on any atom is 0.172 e. The van der Waals surface area contributed by atoms with E-state index in [1.165, 1.54) is 11.8 Å². The number of rotatable bonds is 2. The van der Waals surface area contributed by atoms with Crippen LogP contribution in [0.1, 0.15) is 37.2 Å². The summed E-state index contributed by atoms with van der Waals surface area (Å²) in [4.78, 5) is 0.397. The lowest BCUT2D eigenvalue weighted by molar-refractivity contribution is 0.473. The van der Waals surface area contributed by atoms with Crippen LogP contribution in [-0.4, -0.2) is 6.26 Å². The van der Waals surface area contributed by atoms with Gasteiger partial charge >= 0.3 is 0 Å². The summed E-state index contributed by atoms with van der Waals surface area (Å²) in [7, 11) is 0. The van der Waals surface area contributed by atoms with Crippen molar-refractivity contribution < 1.29 is 8.78 Å². The Morgan fingerprint density at radius 1 is 1.13 bits per heavy atom. The molecule has 0 amide bonds. The zero-order chi connectivity index (χ0) is 10.8. The average molecular weight is 228 g/mol. The van der Waals surface area contributed by atoms with Crippen molar-refractivity contribution in [2.45, 2.75) is 36.5 Å². The summed E-state index contributed by atoms with van der Waals surface area (Å²) in [6.07, 6.45) is 6.02. The van der Waals surface area contributed by atoms with E-state index in [1.54, 1.807) is 18.4 Å². The summed E-state index contributed by atoms with van der Waals surface area (Å²) in [6, 6.07) is 3.44. The lowest BCUT2D eigenvalue weighted by atomic mass is 9.97. The first-order chi connectivity index (χ1) is 7.24. The molecule has 1 aromatic carbocycles. The van der Waals surface area contributed by atoms with Gasteiger partial charge in [-0.15, -0.1) is 11.8 Å². The molecule has 0 spiro atoms. The Morgan fingerprint density at radius 2 is 1.80 bits per heavy atom. The van der Waals surface area contributed by atoms with E-state index in [4.69, 9.17) is 0 Å². The Bertz CT molecular complexity index is 357. The van der Waals surface area contributed by atoms with Crippen LogP contribution in [0.2, 0.25) is 0 Å². The van der Waals surface area contributed by atoms with Crippen LogP contribution in [0.4, 0.5) is 8.78 Å². The van der Waals surface area contributed by atoms with Gasteiger partial charge in [0.15, 0.2) is 11.6 Å². The summed E-state index contributed by atoms with van der Waals surface area (Å²) in [5.41, 5.74) is 0.572. The molecule has 3 heteroatoms. The second-order valence-electron chi connectivity index (χ2n) is 3.97. The molecule has 0 aromatic heterocycles. The molecule has 0 atom stereocenters. The molecule has 0 saturated heterocycles. The Morgan fingerprint density at radius 3 is 2.40 bits per heavy atom. The van der Waals surface area contributed by atoms with Gasteiger partial charge in [0.2, 0.25) is 0 Å². The first-order valence-corrected chi connectivity index (χ1v) is 6.48. The summed E-state index contributed by atoms with van der Waals surface area (Å²) in [5, 5.41) is 0. The van der Waals surface area contributed by atoms with Gasteiger partial charge in [0.1, 0.15) is 0 Å². The summed E-state index contributed by atoms with van der Waals surface area (Å²) < 4.78 is 27.2. The third-order valence-electron chi connectivity index (χ3n) is 3.09. The van der Waals surface area contributed by atoms with E-state index in [-0.39, 0.29) is 5.92 Å². The van der Waals surface area contributed by atoms with Gasteiger partial charge in [-0.25, -0.2) is 8.78 Å². The molecule has 0 aliphatic heterocycles. The summed E-state index contributed by atoms with van der Waals surface area (Å²) in [5.74, 6) is -1.07. The molecule has 0 bridgehead atoms. The van der Waals surface area contributed by atoms with Crippen molar-refractivity contribution in [1.82, 2.24) is 0 Å². The zero-order valence-electron chi connectivity index (χ0n) is 8.72. The maximum atomic E-state index is 13.7. The van der Waals surface area contributed by atoms with Crippen molar-refractivity contribution in [3.8, 4) is 0 Å². The van der Waals surface area contributed by atoms with Gasteiger partial charge in [0.25, 0.3) is 0 Å². The maximum absolute atomic E-state index is 13.7. The number of thioether (sulfide) groups is 1. The van der Waals surface area contributed by atoms with Crippen molar-refractivity contribution in [1.29, 1.82) is 0 Å². The van der Waals surface area contributed by atoms with E-state index in [1.807, 2.05) is 0 Å². The van der Waals surface area contributed by atoms with Crippen molar-refractivity contribution in [2.24, 2.45) is 0 Å². The molecule has 1 aliphatic carbocycles. The molecule has 1 aliphatic rings. The van der Waals surface area contributed by atoms with Gasteiger partial charge in [-0.3, -0.25) is 0 Å². The van der Waals surface area contributed by atoms with Crippen LogP contribution in [0.5, 0.6) is 0 Å². The zero-order valence-corrected chi connectivity index (χ0v) is 9.54. The fourth-order valence-corrected chi connectivity index (χ4v) is 2.73. The minimum absolute atomic E-state index is 0.232. The standard InChI is InChI=1S/C12H14F2S/c1-15-10-7-6-9(11(13)12(10)14)8-4-2-3-5-8/h6-8H,2-5H2,1H3. The van der Waals surface area contributed by atoms with Crippen LogP contribution < -0.4 is 0 Å². The molecule has 15 heavy (non-hydrogen) atoms. The second-order valence-corrected chi connectivity index (χ2v) is 4.81. The molecule has 0 heterocycles. The molecule has 0 radical (unpaired) electrons. The van der Waals surface area contributed by atoms with Crippen molar-refractivity contribution in [3.63, 3.8) is 0 Å². The number of halogens is 2. The van der Waals surface area contributed by atoms with Crippen LogP contribution in [0, 0.1) is 11.6 Å². The third kappa shape index (κ3) is 2.03. The molecule has 82 valence electrons. The minimum atomic E-state index is -0.674. The van der Waals surface area contributed by atoms with Crippen LogP contribution in [0.3, 0.4) is 0 Å². The molecular weight excluding hydrogens is 214 g/mol.